The molecule has 17 heavy (non-hydrogen) atoms. The third-order valence-electron chi connectivity index (χ3n) is 2.39. The molecule has 1 rings (SSSR count). The zero-order chi connectivity index (χ0) is 12.8. The van der Waals surface area contributed by atoms with Gasteiger partial charge in [0.15, 0.2) is 0 Å². The van der Waals surface area contributed by atoms with Gasteiger partial charge in [0.25, 0.3) is 0 Å². The Hall–Kier alpha value is -0.940. The molecule has 0 amide bonds. The molecule has 0 fully saturated rings. The van der Waals surface area contributed by atoms with E-state index in [1.165, 1.54) is 0 Å². The summed E-state index contributed by atoms with van der Waals surface area (Å²) in [5.74, 6) is 0.211. The highest BCUT2D eigenvalue weighted by Crippen LogP contribution is 2.30. The summed E-state index contributed by atoms with van der Waals surface area (Å²) in [5, 5.41) is 15.5. The molecule has 0 radical (unpaired) electrons. The van der Waals surface area contributed by atoms with E-state index in [4.69, 9.17) is 22.5 Å². The topological polar surface area (TPSA) is 70.6 Å². The Kier molecular flexibility index (Phi) is 5.58. The van der Waals surface area contributed by atoms with Crippen LogP contribution in [-0.2, 0) is 0 Å². The van der Waals surface area contributed by atoms with E-state index >= 15 is 0 Å². The van der Waals surface area contributed by atoms with E-state index < -0.39 is 0 Å². The second-order valence-corrected chi connectivity index (χ2v) is 4.85. The van der Waals surface area contributed by atoms with Crippen LogP contribution >= 0.6 is 27.5 Å². The molecular formula is C11H15BrClN3O. The van der Waals surface area contributed by atoms with Gasteiger partial charge in [0.05, 0.1) is 15.2 Å². The number of hydrogen-bond acceptors (Lipinski definition) is 3. The molecule has 0 aromatic heterocycles. The third kappa shape index (κ3) is 4.09. The summed E-state index contributed by atoms with van der Waals surface area (Å²) in [6.45, 7) is 2.03. The van der Waals surface area contributed by atoms with Crippen molar-refractivity contribution in [1.29, 1.82) is 0 Å². The van der Waals surface area contributed by atoms with Gasteiger partial charge in [-0.3, -0.25) is 0 Å². The van der Waals surface area contributed by atoms with Gasteiger partial charge in [-0.05, 0) is 34.5 Å². The molecule has 0 aliphatic rings. The lowest BCUT2D eigenvalue weighted by Gasteiger charge is -2.18. The zero-order valence-corrected chi connectivity index (χ0v) is 11.8. The van der Waals surface area contributed by atoms with Crippen LogP contribution in [0.25, 0.3) is 0 Å². The maximum Gasteiger partial charge on any atom is 0.141 e. The second kappa shape index (κ2) is 6.71. The Morgan fingerprint density at radius 2 is 2.35 bits per heavy atom. The Bertz CT molecular complexity index is 412. The average Bonchev–Trinajstić information content (AvgIpc) is 2.33. The minimum atomic E-state index is 0.0978. The zero-order valence-electron chi connectivity index (χ0n) is 9.45. The molecule has 0 spiro atoms. The van der Waals surface area contributed by atoms with Gasteiger partial charge in [0, 0.05) is 12.5 Å². The van der Waals surface area contributed by atoms with Crippen LogP contribution in [0.2, 0.25) is 5.02 Å². The summed E-state index contributed by atoms with van der Waals surface area (Å²) in [4.78, 5) is 0. The van der Waals surface area contributed by atoms with Gasteiger partial charge in [-0.1, -0.05) is 29.7 Å². The fourth-order valence-electron chi connectivity index (χ4n) is 1.43. The van der Waals surface area contributed by atoms with Crippen LogP contribution in [0.15, 0.2) is 27.8 Å². The molecule has 0 heterocycles. The molecule has 4 nitrogen and oxygen atoms in total. The van der Waals surface area contributed by atoms with Crippen LogP contribution in [0.5, 0.6) is 0 Å². The van der Waals surface area contributed by atoms with E-state index in [-0.39, 0.29) is 11.9 Å². The van der Waals surface area contributed by atoms with Crippen molar-refractivity contribution in [2.24, 2.45) is 10.9 Å². The first-order valence-electron chi connectivity index (χ1n) is 5.25. The van der Waals surface area contributed by atoms with Crippen molar-refractivity contribution < 1.29 is 5.21 Å². The molecule has 1 aromatic carbocycles. The fourth-order valence-corrected chi connectivity index (χ4v) is 1.98. The predicted molar refractivity (Wildman–Crippen MR) is 74.9 cm³/mol. The number of rotatable bonds is 5. The first-order chi connectivity index (χ1) is 8.08. The Morgan fingerprint density at radius 1 is 1.65 bits per heavy atom. The van der Waals surface area contributed by atoms with Crippen molar-refractivity contribution in [3.05, 3.63) is 27.7 Å². The minimum absolute atomic E-state index is 0.0978. The van der Waals surface area contributed by atoms with Gasteiger partial charge in [0.1, 0.15) is 5.84 Å². The average molecular weight is 321 g/mol. The van der Waals surface area contributed by atoms with E-state index in [9.17, 15) is 0 Å². The molecule has 0 aliphatic carbocycles. The fraction of sp³-hybridized carbons (Fsp3) is 0.364. The SMILES string of the molecule is CCC(C/C(N)=N/O)Nc1cccc(Cl)c1Br. The summed E-state index contributed by atoms with van der Waals surface area (Å²) < 4.78 is 0.819. The first-order valence-corrected chi connectivity index (χ1v) is 6.42. The summed E-state index contributed by atoms with van der Waals surface area (Å²) in [6, 6.07) is 5.69. The van der Waals surface area contributed by atoms with Gasteiger partial charge in [-0.25, -0.2) is 0 Å². The molecular weight excluding hydrogens is 305 g/mol. The van der Waals surface area contributed by atoms with Crippen molar-refractivity contribution in [2.45, 2.75) is 25.8 Å². The van der Waals surface area contributed by atoms with Crippen LogP contribution in [0, 0.1) is 0 Å². The van der Waals surface area contributed by atoms with E-state index in [2.05, 4.69) is 26.4 Å². The maximum atomic E-state index is 8.55. The number of nitrogens with two attached hydrogens (primary N) is 1. The lowest BCUT2D eigenvalue weighted by Crippen LogP contribution is -2.26. The smallest absolute Gasteiger partial charge is 0.141 e. The molecule has 0 bridgehead atoms. The summed E-state index contributed by atoms with van der Waals surface area (Å²) in [5.41, 5.74) is 6.39. The van der Waals surface area contributed by atoms with Crippen LogP contribution in [-0.4, -0.2) is 17.1 Å². The van der Waals surface area contributed by atoms with Crippen LogP contribution < -0.4 is 11.1 Å². The first kappa shape index (κ1) is 14.1. The molecule has 1 aromatic rings. The molecule has 0 aliphatic heterocycles. The molecule has 0 saturated heterocycles. The molecule has 1 unspecified atom stereocenters. The highest BCUT2D eigenvalue weighted by Gasteiger charge is 2.11. The number of nitrogens with zero attached hydrogens (tertiary/aromatic N) is 1. The number of hydrogen-bond donors (Lipinski definition) is 3. The summed E-state index contributed by atoms with van der Waals surface area (Å²) >= 11 is 9.41. The van der Waals surface area contributed by atoms with Crippen molar-refractivity contribution in [3.8, 4) is 0 Å². The van der Waals surface area contributed by atoms with Gasteiger partial charge >= 0.3 is 0 Å². The molecule has 4 N–H and O–H groups in total. The Morgan fingerprint density at radius 3 is 2.94 bits per heavy atom. The number of anilines is 1. The van der Waals surface area contributed by atoms with Gasteiger partial charge < -0.3 is 16.3 Å². The van der Waals surface area contributed by atoms with Crippen LogP contribution in [0.3, 0.4) is 0 Å². The lowest BCUT2D eigenvalue weighted by molar-refractivity contribution is 0.316. The largest absolute Gasteiger partial charge is 0.409 e. The number of amidine groups is 1. The normalized spacial score (nSPS) is 13.5. The number of nitrogens with one attached hydrogen (secondary N) is 1. The summed E-state index contributed by atoms with van der Waals surface area (Å²) in [6.07, 6.45) is 1.33. The van der Waals surface area contributed by atoms with Crippen molar-refractivity contribution in [2.75, 3.05) is 5.32 Å². The third-order valence-corrected chi connectivity index (χ3v) is 3.79. The highest BCUT2D eigenvalue weighted by molar-refractivity contribution is 9.10. The van der Waals surface area contributed by atoms with Crippen LogP contribution in [0.1, 0.15) is 19.8 Å². The minimum Gasteiger partial charge on any atom is -0.409 e. The van der Waals surface area contributed by atoms with E-state index in [1.807, 2.05) is 19.1 Å². The van der Waals surface area contributed by atoms with Gasteiger partial charge in [-0.2, -0.15) is 0 Å². The maximum absolute atomic E-state index is 8.55. The van der Waals surface area contributed by atoms with Crippen molar-refractivity contribution in [3.63, 3.8) is 0 Å². The quantitative estimate of drug-likeness (QED) is 0.337. The van der Waals surface area contributed by atoms with E-state index in [0.717, 1.165) is 16.6 Å². The highest BCUT2D eigenvalue weighted by atomic mass is 79.9. The number of halogens is 2. The number of oxime groups is 1. The summed E-state index contributed by atoms with van der Waals surface area (Å²) in [7, 11) is 0. The lowest BCUT2D eigenvalue weighted by atomic mass is 10.1. The second-order valence-electron chi connectivity index (χ2n) is 3.65. The molecule has 6 heteroatoms. The van der Waals surface area contributed by atoms with Crippen molar-refractivity contribution in [1.82, 2.24) is 0 Å². The Balaban J connectivity index is 2.77. The number of benzene rings is 1. The van der Waals surface area contributed by atoms with E-state index in [1.54, 1.807) is 6.07 Å². The molecule has 1 atom stereocenters. The van der Waals surface area contributed by atoms with Gasteiger partial charge in [-0.15, -0.1) is 0 Å². The molecule has 94 valence electrons. The standard InChI is InChI=1S/C11H15BrClN3O/c1-2-7(6-10(14)16-17)15-9-5-3-4-8(13)11(9)12/h3-5,7,15,17H,2,6H2,1H3,(H2,14,16). The van der Waals surface area contributed by atoms with Crippen molar-refractivity contribution >= 4 is 39.1 Å². The molecule has 0 saturated carbocycles. The van der Waals surface area contributed by atoms with E-state index in [0.29, 0.717) is 11.4 Å². The van der Waals surface area contributed by atoms with Crippen LogP contribution in [0.4, 0.5) is 5.69 Å². The Labute approximate surface area is 114 Å². The monoisotopic (exact) mass is 319 g/mol. The predicted octanol–water partition coefficient (Wildman–Crippen LogP) is 3.43. The van der Waals surface area contributed by atoms with Gasteiger partial charge in [0.2, 0.25) is 0 Å².